The van der Waals surface area contributed by atoms with Crippen molar-refractivity contribution in [2.75, 3.05) is 7.05 Å². The Labute approximate surface area is 137 Å². The zero-order chi connectivity index (χ0) is 17.3. The Morgan fingerprint density at radius 3 is 2.26 bits per heavy atom. The molecule has 2 aromatic rings. The summed E-state index contributed by atoms with van der Waals surface area (Å²) in [5.41, 5.74) is -0.563. The van der Waals surface area contributed by atoms with Gasteiger partial charge in [0.1, 0.15) is 0 Å². The quantitative estimate of drug-likeness (QED) is 0.817. The van der Waals surface area contributed by atoms with Gasteiger partial charge in [0.2, 0.25) is 10.0 Å². The van der Waals surface area contributed by atoms with E-state index >= 15 is 0 Å². The van der Waals surface area contributed by atoms with Gasteiger partial charge in [-0.05, 0) is 35.9 Å². The van der Waals surface area contributed by atoms with Gasteiger partial charge in [0.05, 0.1) is 10.5 Å². The van der Waals surface area contributed by atoms with Gasteiger partial charge in [0, 0.05) is 18.6 Å². The Morgan fingerprint density at radius 1 is 1.09 bits per heavy atom. The molecule has 23 heavy (non-hydrogen) atoms. The van der Waals surface area contributed by atoms with Gasteiger partial charge in [-0.25, -0.2) is 8.42 Å². The monoisotopic (exact) mass is 363 g/mol. The Kier molecular flexibility index (Phi) is 5.03. The number of benzene rings is 2. The van der Waals surface area contributed by atoms with E-state index in [1.54, 1.807) is 0 Å². The average molecular weight is 364 g/mol. The number of nitrogens with zero attached hydrogens (tertiary/aromatic N) is 1. The first-order chi connectivity index (χ1) is 10.6. The Balaban J connectivity index is 2.24. The summed E-state index contributed by atoms with van der Waals surface area (Å²) in [5.74, 6) is 0. The van der Waals surface area contributed by atoms with E-state index in [0.717, 1.165) is 16.4 Å². The van der Waals surface area contributed by atoms with Crippen molar-refractivity contribution in [3.05, 3.63) is 64.7 Å². The van der Waals surface area contributed by atoms with Crippen LogP contribution in [0.2, 0.25) is 5.02 Å². The molecule has 0 spiro atoms. The van der Waals surface area contributed by atoms with Crippen LogP contribution in [0.5, 0.6) is 0 Å². The van der Waals surface area contributed by atoms with Gasteiger partial charge in [0.15, 0.2) is 0 Å². The first-order valence-corrected chi connectivity index (χ1v) is 8.30. The molecular weight excluding hydrogens is 351 g/mol. The number of hydrogen-bond donors (Lipinski definition) is 0. The smallest absolute Gasteiger partial charge is 0.207 e. The maximum atomic E-state index is 12.7. The molecule has 0 aromatic heterocycles. The summed E-state index contributed by atoms with van der Waals surface area (Å²) >= 11 is 5.72. The maximum absolute atomic E-state index is 12.7. The molecule has 0 fully saturated rings. The molecule has 124 valence electrons. The topological polar surface area (TPSA) is 37.4 Å². The van der Waals surface area contributed by atoms with Crippen molar-refractivity contribution >= 4 is 21.6 Å². The highest BCUT2D eigenvalue weighted by atomic mass is 35.5. The lowest BCUT2D eigenvalue weighted by molar-refractivity contribution is -0.137. The van der Waals surface area contributed by atoms with E-state index in [1.165, 1.54) is 43.4 Å². The molecule has 3 nitrogen and oxygen atoms in total. The molecule has 0 aliphatic carbocycles. The Morgan fingerprint density at radius 2 is 1.70 bits per heavy atom. The number of sulfonamides is 1. The standard InChI is InChI=1S/C15H13ClF3NO2S/c1-20(23(21,22)14-7-5-13(16)6-8-14)10-11-3-2-4-12(9-11)15(17,18)19/h2-9H,10H2,1H3. The van der Waals surface area contributed by atoms with Gasteiger partial charge in [-0.3, -0.25) is 0 Å². The second-order valence-electron chi connectivity index (χ2n) is 4.91. The molecule has 2 aromatic carbocycles. The van der Waals surface area contributed by atoms with E-state index < -0.39 is 21.8 Å². The third kappa shape index (κ3) is 4.25. The highest BCUT2D eigenvalue weighted by Crippen LogP contribution is 2.30. The summed E-state index contributed by atoms with van der Waals surface area (Å²) < 4.78 is 63.9. The van der Waals surface area contributed by atoms with E-state index in [0.29, 0.717) is 5.02 Å². The van der Waals surface area contributed by atoms with E-state index in [9.17, 15) is 21.6 Å². The van der Waals surface area contributed by atoms with Crippen LogP contribution in [-0.2, 0) is 22.7 Å². The van der Waals surface area contributed by atoms with Crippen molar-refractivity contribution in [1.29, 1.82) is 0 Å². The fraction of sp³-hybridized carbons (Fsp3) is 0.200. The van der Waals surface area contributed by atoms with E-state index in [1.807, 2.05) is 0 Å². The van der Waals surface area contributed by atoms with Crippen LogP contribution >= 0.6 is 11.6 Å². The predicted octanol–water partition coefficient (Wildman–Crippen LogP) is 4.18. The lowest BCUT2D eigenvalue weighted by Crippen LogP contribution is -2.26. The van der Waals surface area contributed by atoms with Crippen molar-refractivity contribution in [3.63, 3.8) is 0 Å². The highest BCUT2D eigenvalue weighted by Gasteiger charge is 2.30. The van der Waals surface area contributed by atoms with Crippen LogP contribution in [0.1, 0.15) is 11.1 Å². The second kappa shape index (κ2) is 6.51. The molecule has 0 unspecified atom stereocenters. The van der Waals surface area contributed by atoms with Crippen molar-refractivity contribution in [3.8, 4) is 0 Å². The van der Waals surface area contributed by atoms with Crippen LogP contribution in [0, 0.1) is 0 Å². The summed E-state index contributed by atoms with van der Waals surface area (Å²) in [5, 5.41) is 0.393. The molecule has 0 atom stereocenters. The summed E-state index contributed by atoms with van der Waals surface area (Å²) in [6.07, 6.45) is -4.47. The molecule has 0 aliphatic rings. The maximum Gasteiger partial charge on any atom is 0.416 e. The fourth-order valence-corrected chi connectivity index (χ4v) is 3.26. The Bertz CT molecular complexity index is 789. The molecule has 0 saturated carbocycles. The summed E-state index contributed by atoms with van der Waals surface area (Å²) in [6, 6.07) is 10.1. The molecule has 0 N–H and O–H groups in total. The van der Waals surface area contributed by atoms with Crippen molar-refractivity contribution in [2.24, 2.45) is 0 Å². The summed E-state index contributed by atoms with van der Waals surface area (Å²) in [6.45, 7) is -0.172. The van der Waals surface area contributed by atoms with Gasteiger partial charge in [-0.15, -0.1) is 0 Å². The van der Waals surface area contributed by atoms with Gasteiger partial charge < -0.3 is 0 Å². The average Bonchev–Trinajstić information content (AvgIpc) is 2.47. The highest BCUT2D eigenvalue weighted by molar-refractivity contribution is 7.89. The van der Waals surface area contributed by atoms with Gasteiger partial charge in [-0.1, -0.05) is 29.8 Å². The first kappa shape index (κ1) is 17.8. The molecule has 0 heterocycles. The minimum absolute atomic E-state index is 0.0244. The molecule has 0 aliphatic heterocycles. The lowest BCUT2D eigenvalue weighted by Gasteiger charge is -2.18. The van der Waals surface area contributed by atoms with Crippen molar-refractivity contribution in [1.82, 2.24) is 4.31 Å². The van der Waals surface area contributed by atoms with Crippen LogP contribution in [0.4, 0.5) is 13.2 Å². The minimum Gasteiger partial charge on any atom is -0.207 e. The third-order valence-corrected chi connectivity index (χ3v) is 5.25. The van der Waals surface area contributed by atoms with Gasteiger partial charge in [0.25, 0.3) is 0 Å². The van der Waals surface area contributed by atoms with Crippen LogP contribution in [0.15, 0.2) is 53.4 Å². The van der Waals surface area contributed by atoms with E-state index in [4.69, 9.17) is 11.6 Å². The molecule has 8 heteroatoms. The second-order valence-corrected chi connectivity index (χ2v) is 7.39. The van der Waals surface area contributed by atoms with E-state index in [2.05, 4.69) is 0 Å². The number of alkyl halides is 3. The molecule has 0 amide bonds. The normalized spacial score (nSPS) is 12.6. The largest absolute Gasteiger partial charge is 0.416 e. The Hall–Kier alpha value is -1.57. The van der Waals surface area contributed by atoms with Crippen molar-refractivity contribution in [2.45, 2.75) is 17.6 Å². The van der Waals surface area contributed by atoms with Crippen LogP contribution in [-0.4, -0.2) is 19.8 Å². The molecule has 2 rings (SSSR count). The molecule has 0 saturated heterocycles. The van der Waals surface area contributed by atoms with Crippen LogP contribution in [0.3, 0.4) is 0 Å². The zero-order valence-corrected chi connectivity index (χ0v) is 13.6. The third-order valence-electron chi connectivity index (χ3n) is 3.18. The van der Waals surface area contributed by atoms with Gasteiger partial charge in [-0.2, -0.15) is 17.5 Å². The molecule has 0 bridgehead atoms. The SMILES string of the molecule is CN(Cc1cccc(C(F)(F)F)c1)S(=O)(=O)c1ccc(Cl)cc1. The predicted molar refractivity (Wildman–Crippen MR) is 81.5 cm³/mol. The van der Waals surface area contributed by atoms with E-state index in [-0.39, 0.29) is 17.0 Å². The van der Waals surface area contributed by atoms with Crippen molar-refractivity contribution < 1.29 is 21.6 Å². The summed E-state index contributed by atoms with van der Waals surface area (Å²) in [4.78, 5) is 0.0244. The van der Waals surface area contributed by atoms with Crippen LogP contribution in [0.25, 0.3) is 0 Å². The first-order valence-electron chi connectivity index (χ1n) is 6.49. The number of hydrogen-bond acceptors (Lipinski definition) is 2. The number of rotatable bonds is 4. The molecular formula is C15H13ClF3NO2S. The van der Waals surface area contributed by atoms with Crippen LogP contribution < -0.4 is 0 Å². The number of halogens is 4. The van der Waals surface area contributed by atoms with Gasteiger partial charge >= 0.3 is 6.18 Å². The summed E-state index contributed by atoms with van der Waals surface area (Å²) in [7, 11) is -2.50. The molecule has 0 radical (unpaired) electrons. The fourth-order valence-electron chi connectivity index (χ4n) is 1.97. The lowest BCUT2D eigenvalue weighted by atomic mass is 10.1. The zero-order valence-electron chi connectivity index (χ0n) is 12.0. The minimum atomic E-state index is -4.47.